The lowest BCUT2D eigenvalue weighted by Gasteiger charge is -2.11. The third kappa shape index (κ3) is 5.54. The van der Waals surface area contributed by atoms with Gasteiger partial charge in [-0.3, -0.25) is 0 Å². The van der Waals surface area contributed by atoms with E-state index in [4.69, 9.17) is 4.74 Å². The fraction of sp³-hybridized carbons (Fsp3) is 0.143. The molecular weight excluding hydrogens is 345 g/mol. The number of nitrogens with zero attached hydrogens (tertiary/aromatic N) is 1. The number of aromatic nitrogens is 1. The summed E-state index contributed by atoms with van der Waals surface area (Å²) in [4.78, 5) is 16.2. The van der Waals surface area contributed by atoms with Crippen LogP contribution in [0.1, 0.15) is 16.7 Å². The zero-order valence-electron chi connectivity index (χ0n) is 14.9. The number of aryl methyl sites for hydroxylation is 1. The number of ether oxygens (including phenoxy) is 1. The lowest BCUT2D eigenvalue weighted by molar-refractivity contribution is 0.251. The molecule has 0 unspecified atom stereocenters. The second-order valence-corrected chi connectivity index (χ2v) is 6.04. The summed E-state index contributed by atoms with van der Waals surface area (Å²) in [5, 5.41) is 5.38. The molecule has 0 radical (unpaired) electrons. The molecule has 0 bridgehead atoms. The summed E-state index contributed by atoms with van der Waals surface area (Å²) < 4.78 is 19.0. The van der Waals surface area contributed by atoms with E-state index in [-0.39, 0.29) is 0 Å². The molecule has 2 aromatic carbocycles. The minimum atomic E-state index is -0.410. The van der Waals surface area contributed by atoms with Gasteiger partial charge in [-0.15, -0.1) is 0 Å². The number of hydrogen-bond donors (Lipinski definition) is 2. The fourth-order valence-corrected chi connectivity index (χ4v) is 2.45. The first-order valence-corrected chi connectivity index (χ1v) is 8.53. The van der Waals surface area contributed by atoms with Gasteiger partial charge in [-0.05, 0) is 41.8 Å². The molecule has 3 rings (SSSR count). The fourth-order valence-electron chi connectivity index (χ4n) is 2.45. The van der Waals surface area contributed by atoms with E-state index in [1.165, 1.54) is 12.1 Å². The SMILES string of the molecule is Cc1ccc(F)cc1NC(=O)NCc1ccnc(OCc2ccccc2)c1. The molecule has 0 saturated heterocycles. The highest BCUT2D eigenvalue weighted by molar-refractivity contribution is 5.90. The number of anilines is 1. The van der Waals surface area contributed by atoms with Crippen LogP contribution < -0.4 is 15.4 Å². The Morgan fingerprint density at radius 1 is 1.07 bits per heavy atom. The summed E-state index contributed by atoms with van der Waals surface area (Å²) in [6.07, 6.45) is 1.63. The topological polar surface area (TPSA) is 63.2 Å². The van der Waals surface area contributed by atoms with Crippen molar-refractivity contribution in [3.63, 3.8) is 0 Å². The summed E-state index contributed by atoms with van der Waals surface area (Å²) in [6.45, 7) is 2.52. The van der Waals surface area contributed by atoms with Gasteiger partial charge in [0.05, 0.1) is 0 Å². The average Bonchev–Trinajstić information content (AvgIpc) is 2.69. The summed E-state index contributed by atoms with van der Waals surface area (Å²) in [6, 6.07) is 17.2. The van der Waals surface area contributed by atoms with Crippen LogP contribution in [0, 0.1) is 12.7 Å². The van der Waals surface area contributed by atoms with Gasteiger partial charge >= 0.3 is 6.03 Å². The van der Waals surface area contributed by atoms with E-state index in [1.807, 2.05) is 30.3 Å². The zero-order valence-corrected chi connectivity index (χ0v) is 14.9. The number of halogens is 1. The van der Waals surface area contributed by atoms with Gasteiger partial charge in [0.1, 0.15) is 12.4 Å². The monoisotopic (exact) mass is 365 g/mol. The van der Waals surface area contributed by atoms with Gasteiger partial charge in [0.25, 0.3) is 0 Å². The molecule has 0 atom stereocenters. The molecule has 0 fully saturated rings. The molecule has 0 aliphatic carbocycles. The molecular formula is C21H20FN3O2. The van der Waals surface area contributed by atoms with Crippen LogP contribution in [0.2, 0.25) is 0 Å². The Kier molecular flexibility index (Phi) is 5.99. The van der Waals surface area contributed by atoms with Crippen LogP contribution in [0.5, 0.6) is 5.88 Å². The molecule has 1 heterocycles. The van der Waals surface area contributed by atoms with Crippen molar-refractivity contribution in [1.82, 2.24) is 10.3 Å². The molecule has 0 aliphatic rings. The van der Waals surface area contributed by atoms with Gasteiger partial charge in [0.15, 0.2) is 0 Å². The minimum Gasteiger partial charge on any atom is -0.473 e. The predicted molar refractivity (Wildman–Crippen MR) is 102 cm³/mol. The summed E-state index contributed by atoms with van der Waals surface area (Å²) in [5.74, 6) is 0.0878. The molecule has 0 aliphatic heterocycles. The molecule has 6 heteroatoms. The molecule has 27 heavy (non-hydrogen) atoms. The van der Waals surface area contributed by atoms with Gasteiger partial charge in [-0.25, -0.2) is 14.2 Å². The highest BCUT2D eigenvalue weighted by Gasteiger charge is 2.06. The number of carbonyl (C=O) groups excluding carboxylic acids is 1. The van der Waals surface area contributed by atoms with Crippen molar-refractivity contribution >= 4 is 11.7 Å². The number of carbonyl (C=O) groups is 1. The van der Waals surface area contributed by atoms with Crippen molar-refractivity contribution in [3.8, 4) is 5.88 Å². The van der Waals surface area contributed by atoms with E-state index in [2.05, 4.69) is 15.6 Å². The molecule has 138 valence electrons. The second kappa shape index (κ2) is 8.80. The zero-order chi connectivity index (χ0) is 19.1. The van der Waals surface area contributed by atoms with E-state index in [0.29, 0.717) is 24.7 Å². The highest BCUT2D eigenvalue weighted by atomic mass is 19.1. The summed E-state index contributed by atoms with van der Waals surface area (Å²) in [5.41, 5.74) is 3.12. The van der Waals surface area contributed by atoms with Crippen molar-refractivity contribution in [3.05, 3.63) is 89.4 Å². The number of amides is 2. The predicted octanol–water partition coefficient (Wildman–Crippen LogP) is 4.43. The molecule has 3 aromatic rings. The first-order valence-electron chi connectivity index (χ1n) is 8.53. The Balaban J connectivity index is 1.53. The molecule has 0 spiro atoms. The first kappa shape index (κ1) is 18.4. The summed E-state index contributed by atoms with van der Waals surface area (Å²) in [7, 11) is 0. The van der Waals surface area contributed by atoms with E-state index in [0.717, 1.165) is 16.7 Å². The Bertz CT molecular complexity index is 916. The van der Waals surface area contributed by atoms with Crippen LogP contribution in [-0.2, 0) is 13.2 Å². The maximum Gasteiger partial charge on any atom is 0.319 e. The second-order valence-electron chi connectivity index (χ2n) is 6.04. The van der Waals surface area contributed by atoms with Crippen LogP contribution >= 0.6 is 0 Å². The van der Waals surface area contributed by atoms with Gasteiger partial charge in [-0.1, -0.05) is 36.4 Å². The van der Waals surface area contributed by atoms with Crippen molar-refractivity contribution in [2.24, 2.45) is 0 Å². The van der Waals surface area contributed by atoms with Crippen LogP contribution in [0.25, 0.3) is 0 Å². The number of urea groups is 1. The third-order valence-electron chi connectivity index (χ3n) is 3.93. The Hall–Kier alpha value is -3.41. The van der Waals surface area contributed by atoms with E-state index >= 15 is 0 Å². The number of pyridine rings is 1. The number of nitrogens with one attached hydrogen (secondary N) is 2. The maximum absolute atomic E-state index is 13.3. The standard InChI is InChI=1S/C21H20FN3O2/c1-15-7-8-18(22)12-19(15)25-21(26)24-13-17-9-10-23-20(11-17)27-14-16-5-3-2-4-6-16/h2-12H,13-14H2,1H3,(H2,24,25,26). The van der Waals surface area contributed by atoms with Gasteiger partial charge < -0.3 is 15.4 Å². The molecule has 2 N–H and O–H groups in total. The maximum atomic E-state index is 13.3. The molecule has 2 amide bonds. The third-order valence-corrected chi connectivity index (χ3v) is 3.93. The molecule has 0 saturated carbocycles. The van der Waals surface area contributed by atoms with Crippen molar-refractivity contribution in [2.75, 3.05) is 5.32 Å². The average molecular weight is 365 g/mol. The minimum absolute atomic E-state index is 0.296. The smallest absolute Gasteiger partial charge is 0.319 e. The Morgan fingerprint density at radius 2 is 1.89 bits per heavy atom. The van der Waals surface area contributed by atoms with Crippen LogP contribution in [0.4, 0.5) is 14.9 Å². The lowest BCUT2D eigenvalue weighted by Crippen LogP contribution is -2.28. The van der Waals surface area contributed by atoms with Crippen molar-refractivity contribution in [2.45, 2.75) is 20.1 Å². The van der Waals surface area contributed by atoms with E-state index in [1.54, 1.807) is 31.3 Å². The quantitative estimate of drug-likeness (QED) is 0.679. The number of benzene rings is 2. The van der Waals surface area contributed by atoms with Crippen LogP contribution in [0.3, 0.4) is 0 Å². The largest absolute Gasteiger partial charge is 0.473 e. The normalized spacial score (nSPS) is 10.3. The summed E-state index contributed by atoms with van der Waals surface area (Å²) >= 11 is 0. The van der Waals surface area contributed by atoms with Crippen LogP contribution in [0.15, 0.2) is 66.9 Å². The molecule has 1 aromatic heterocycles. The van der Waals surface area contributed by atoms with Gasteiger partial charge in [0.2, 0.25) is 5.88 Å². The highest BCUT2D eigenvalue weighted by Crippen LogP contribution is 2.16. The van der Waals surface area contributed by atoms with Gasteiger partial charge in [-0.2, -0.15) is 0 Å². The van der Waals surface area contributed by atoms with Crippen LogP contribution in [-0.4, -0.2) is 11.0 Å². The van der Waals surface area contributed by atoms with Gasteiger partial charge in [0, 0.05) is 24.5 Å². The number of hydrogen-bond acceptors (Lipinski definition) is 3. The Morgan fingerprint density at radius 3 is 2.70 bits per heavy atom. The van der Waals surface area contributed by atoms with Crippen molar-refractivity contribution < 1.29 is 13.9 Å². The van der Waals surface area contributed by atoms with E-state index < -0.39 is 11.8 Å². The first-order chi connectivity index (χ1) is 13.1. The number of rotatable bonds is 6. The lowest BCUT2D eigenvalue weighted by atomic mass is 10.2. The Labute approximate surface area is 157 Å². The van der Waals surface area contributed by atoms with E-state index in [9.17, 15) is 9.18 Å². The van der Waals surface area contributed by atoms with Crippen molar-refractivity contribution in [1.29, 1.82) is 0 Å². The molecule has 5 nitrogen and oxygen atoms in total.